The van der Waals surface area contributed by atoms with Crippen LogP contribution in [0.1, 0.15) is 34.6 Å². The molecule has 8 nitrogen and oxygen atoms in total. The van der Waals surface area contributed by atoms with Crippen LogP contribution in [0, 0.1) is 5.82 Å². The summed E-state index contributed by atoms with van der Waals surface area (Å²) in [7, 11) is 0. The van der Waals surface area contributed by atoms with Crippen molar-refractivity contribution in [2.45, 2.75) is 38.4 Å². The van der Waals surface area contributed by atoms with E-state index < -0.39 is 0 Å². The monoisotopic (exact) mass is 446 g/mol. The van der Waals surface area contributed by atoms with Crippen molar-refractivity contribution < 1.29 is 9.18 Å². The quantitative estimate of drug-likeness (QED) is 0.493. The molecule has 2 aromatic carbocycles. The lowest BCUT2D eigenvalue weighted by molar-refractivity contribution is 0.0933. The molecule has 0 aliphatic carbocycles. The number of carbonyl (C=O) groups excluding carboxylic acids is 1. The van der Waals surface area contributed by atoms with Gasteiger partial charge in [0.15, 0.2) is 0 Å². The highest BCUT2D eigenvalue weighted by Gasteiger charge is 2.22. The van der Waals surface area contributed by atoms with Crippen LogP contribution in [-0.2, 0) is 19.5 Å². The van der Waals surface area contributed by atoms with Crippen molar-refractivity contribution in [3.05, 3.63) is 94.2 Å². The molecule has 3 heterocycles. The van der Waals surface area contributed by atoms with E-state index >= 15 is 0 Å². The molecule has 5 rings (SSSR count). The molecule has 0 spiro atoms. The Labute approximate surface area is 189 Å². The minimum atomic E-state index is -0.312. The number of hydrogen-bond acceptors (Lipinski definition) is 4. The van der Waals surface area contributed by atoms with E-state index in [1.54, 1.807) is 35.2 Å². The van der Waals surface area contributed by atoms with Crippen LogP contribution in [0.25, 0.3) is 11.1 Å². The molecule has 4 aromatic rings. The summed E-state index contributed by atoms with van der Waals surface area (Å²) < 4.78 is 16.2. The zero-order chi connectivity index (χ0) is 22.8. The summed E-state index contributed by atoms with van der Waals surface area (Å²) >= 11 is 0. The van der Waals surface area contributed by atoms with Gasteiger partial charge in [-0.15, -0.1) is 0 Å². The van der Waals surface area contributed by atoms with Crippen LogP contribution in [0.2, 0.25) is 0 Å². The third kappa shape index (κ3) is 4.48. The maximum absolute atomic E-state index is 13.1. The van der Waals surface area contributed by atoms with Gasteiger partial charge in [0.05, 0.1) is 12.7 Å². The molecule has 1 aliphatic heterocycles. The van der Waals surface area contributed by atoms with E-state index in [9.17, 15) is 14.0 Å². The minimum Gasteiger partial charge on any atom is -0.349 e. The van der Waals surface area contributed by atoms with Gasteiger partial charge in [0.2, 0.25) is 0 Å². The molecule has 1 unspecified atom stereocenters. The molecule has 0 radical (unpaired) electrons. The molecule has 0 bridgehead atoms. The van der Waals surface area contributed by atoms with Gasteiger partial charge in [0, 0.05) is 36.3 Å². The zero-order valence-corrected chi connectivity index (χ0v) is 17.9. The Morgan fingerprint density at radius 2 is 2.00 bits per heavy atom. The Bertz CT molecular complexity index is 1320. The van der Waals surface area contributed by atoms with Gasteiger partial charge in [-0.1, -0.05) is 24.3 Å². The molecule has 168 valence electrons. The van der Waals surface area contributed by atoms with Crippen LogP contribution in [0.5, 0.6) is 0 Å². The molecule has 9 heteroatoms. The number of carbonyl (C=O) groups is 1. The van der Waals surface area contributed by atoms with Gasteiger partial charge in [0.1, 0.15) is 11.6 Å². The number of H-pyrrole nitrogens is 1. The number of rotatable bonds is 5. The van der Waals surface area contributed by atoms with E-state index in [1.807, 2.05) is 18.2 Å². The average molecular weight is 446 g/mol. The fourth-order valence-corrected chi connectivity index (χ4v) is 4.16. The highest BCUT2D eigenvalue weighted by Crippen LogP contribution is 2.19. The number of aromatic amines is 1. The van der Waals surface area contributed by atoms with Crippen molar-refractivity contribution in [3.63, 3.8) is 0 Å². The summed E-state index contributed by atoms with van der Waals surface area (Å²) in [4.78, 5) is 25.7. The summed E-state index contributed by atoms with van der Waals surface area (Å²) in [6, 6.07) is 13.4. The highest BCUT2D eigenvalue weighted by molar-refractivity contribution is 5.95. The van der Waals surface area contributed by atoms with E-state index in [2.05, 4.69) is 20.6 Å². The predicted octanol–water partition coefficient (Wildman–Crippen LogP) is 2.76. The van der Waals surface area contributed by atoms with E-state index in [0.29, 0.717) is 43.7 Å². The van der Waals surface area contributed by atoms with E-state index in [-0.39, 0.29) is 23.5 Å². The number of aromatic nitrogens is 5. The molecule has 0 saturated carbocycles. The first-order chi connectivity index (χ1) is 16.1. The second kappa shape index (κ2) is 8.85. The number of aryl methyl sites for hydroxylation is 1. The zero-order valence-electron chi connectivity index (χ0n) is 17.9. The largest absolute Gasteiger partial charge is 0.349 e. The molecular weight excluding hydrogens is 423 g/mol. The summed E-state index contributed by atoms with van der Waals surface area (Å²) in [6.45, 7) is 0.782. The van der Waals surface area contributed by atoms with E-state index in [4.69, 9.17) is 0 Å². The lowest BCUT2D eigenvalue weighted by atomic mass is 10.0. The number of halogens is 1. The smallest absolute Gasteiger partial charge is 0.346 e. The Morgan fingerprint density at radius 3 is 2.79 bits per heavy atom. The molecule has 0 fully saturated rings. The average Bonchev–Trinajstić information content (AvgIpc) is 3.41. The first-order valence-corrected chi connectivity index (χ1v) is 10.9. The first kappa shape index (κ1) is 20.9. The number of nitrogens with one attached hydrogen (secondary N) is 2. The third-order valence-electron chi connectivity index (χ3n) is 5.95. The number of hydrogen-bond donors (Lipinski definition) is 2. The van der Waals surface area contributed by atoms with Crippen molar-refractivity contribution in [1.82, 2.24) is 29.9 Å². The lowest BCUT2D eigenvalue weighted by Crippen LogP contribution is -2.35. The van der Waals surface area contributed by atoms with E-state index in [0.717, 1.165) is 16.7 Å². The maximum atomic E-state index is 13.1. The summed E-state index contributed by atoms with van der Waals surface area (Å²) in [6.07, 6.45) is 5.42. The maximum Gasteiger partial charge on any atom is 0.346 e. The molecule has 33 heavy (non-hydrogen) atoms. The molecule has 0 saturated heterocycles. The number of fused-ring (bicyclic) bond motifs is 1. The van der Waals surface area contributed by atoms with Crippen LogP contribution in [0.3, 0.4) is 0 Å². The number of benzene rings is 2. The minimum absolute atomic E-state index is 0.0540. The van der Waals surface area contributed by atoms with Gasteiger partial charge < -0.3 is 5.32 Å². The van der Waals surface area contributed by atoms with Gasteiger partial charge in [-0.25, -0.2) is 13.9 Å². The lowest BCUT2D eigenvalue weighted by Gasteiger charge is -2.16. The predicted molar refractivity (Wildman–Crippen MR) is 120 cm³/mol. The van der Waals surface area contributed by atoms with Gasteiger partial charge in [-0.05, 0) is 48.2 Å². The van der Waals surface area contributed by atoms with E-state index in [1.165, 1.54) is 16.8 Å². The van der Waals surface area contributed by atoms with Gasteiger partial charge in [-0.2, -0.15) is 10.2 Å². The van der Waals surface area contributed by atoms with Crippen molar-refractivity contribution in [3.8, 4) is 11.1 Å². The Hall–Kier alpha value is -4.01. The normalized spacial score (nSPS) is 15.6. The van der Waals surface area contributed by atoms with Crippen LogP contribution in [0.15, 0.2) is 65.7 Å². The van der Waals surface area contributed by atoms with Crippen LogP contribution in [0.4, 0.5) is 4.39 Å². The third-order valence-corrected chi connectivity index (χ3v) is 5.95. The molecule has 1 atom stereocenters. The molecule has 2 aromatic heterocycles. The highest BCUT2D eigenvalue weighted by atomic mass is 19.1. The SMILES string of the molecule is O=C(NC1CCc2nn(Cc3ccc(F)cc3)c(=O)n2CC1)c1cccc(-c2cn[nH]c2)c1. The molecular formula is C24H23FN6O2. The van der Waals surface area contributed by atoms with Gasteiger partial charge in [-0.3, -0.25) is 14.5 Å². The standard InChI is InChI=1S/C24H23FN6O2/c25-20-6-4-16(5-7-20)15-31-24(33)30-11-10-21(8-9-22(30)29-31)28-23(32)18-3-1-2-17(12-18)19-13-26-27-14-19/h1-7,12-14,21H,8-11,15H2,(H,26,27)(H,28,32). The summed E-state index contributed by atoms with van der Waals surface area (Å²) in [5, 5.41) is 14.3. The van der Waals surface area contributed by atoms with Gasteiger partial charge >= 0.3 is 5.69 Å². The summed E-state index contributed by atoms with van der Waals surface area (Å²) in [5.41, 5.74) is 3.04. The Kier molecular flexibility index (Phi) is 5.60. The van der Waals surface area contributed by atoms with Gasteiger partial charge in [0.25, 0.3) is 5.91 Å². The number of nitrogens with zero attached hydrogens (tertiary/aromatic N) is 4. The Morgan fingerprint density at radius 1 is 1.15 bits per heavy atom. The molecule has 2 N–H and O–H groups in total. The summed E-state index contributed by atoms with van der Waals surface area (Å²) in [5.74, 6) is 0.257. The van der Waals surface area contributed by atoms with Crippen molar-refractivity contribution in [1.29, 1.82) is 0 Å². The molecule has 1 aliphatic rings. The fourth-order valence-electron chi connectivity index (χ4n) is 4.16. The number of amides is 1. The topological polar surface area (TPSA) is 97.6 Å². The van der Waals surface area contributed by atoms with Crippen molar-refractivity contribution in [2.75, 3.05) is 0 Å². The van der Waals surface area contributed by atoms with Crippen molar-refractivity contribution >= 4 is 5.91 Å². The van der Waals surface area contributed by atoms with Crippen LogP contribution in [-0.4, -0.2) is 36.5 Å². The van der Waals surface area contributed by atoms with Crippen LogP contribution >= 0.6 is 0 Å². The fraction of sp³-hybridized carbons (Fsp3) is 0.250. The second-order valence-corrected chi connectivity index (χ2v) is 8.20. The first-order valence-electron chi connectivity index (χ1n) is 10.9. The second-order valence-electron chi connectivity index (χ2n) is 8.20. The molecule has 1 amide bonds. The Balaban J connectivity index is 1.25. The van der Waals surface area contributed by atoms with Crippen LogP contribution < -0.4 is 11.0 Å². The van der Waals surface area contributed by atoms with Crippen molar-refractivity contribution in [2.24, 2.45) is 0 Å².